The van der Waals surface area contributed by atoms with Gasteiger partial charge >= 0.3 is 0 Å². The molecule has 0 aliphatic carbocycles. The molecule has 1 unspecified atom stereocenters. The average molecular weight is 339 g/mol. The summed E-state index contributed by atoms with van der Waals surface area (Å²) < 4.78 is 2.83. The van der Waals surface area contributed by atoms with Crippen LogP contribution in [0.15, 0.2) is 34.2 Å². The highest BCUT2D eigenvalue weighted by Gasteiger charge is 2.32. The molecule has 5 heteroatoms. The molecule has 1 saturated heterocycles. The lowest BCUT2D eigenvalue weighted by molar-refractivity contribution is 0.0728. The van der Waals surface area contributed by atoms with Crippen LogP contribution in [0, 0.1) is 0 Å². The molecule has 0 bridgehead atoms. The number of carbonyl (C=O) groups excluding carboxylic acids is 1. The highest BCUT2D eigenvalue weighted by atomic mass is 79.9. The zero-order valence-electron chi connectivity index (χ0n) is 10.7. The molecule has 1 atom stereocenters. The second-order valence-electron chi connectivity index (χ2n) is 4.83. The number of nitrogens with zero attached hydrogens (tertiary/aromatic N) is 2. The first-order valence-electron chi connectivity index (χ1n) is 6.33. The summed E-state index contributed by atoms with van der Waals surface area (Å²) in [6.45, 7) is 0.851. The molecule has 1 aliphatic heterocycles. The Labute approximate surface area is 125 Å². The maximum absolute atomic E-state index is 12.7. The Balaban J connectivity index is 1.89. The average Bonchev–Trinajstić information content (AvgIpc) is 3.06. The van der Waals surface area contributed by atoms with Gasteiger partial charge in [-0.05, 0) is 46.3 Å². The van der Waals surface area contributed by atoms with Gasteiger partial charge in [-0.25, -0.2) is 0 Å². The zero-order valence-corrected chi connectivity index (χ0v) is 13.1. The van der Waals surface area contributed by atoms with E-state index in [2.05, 4.69) is 33.4 Å². The van der Waals surface area contributed by atoms with Crippen molar-refractivity contribution >= 4 is 33.2 Å². The monoisotopic (exact) mass is 338 g/mol. The van der Waals surface area contributed by atoms with Crippen molar-refractivity contribution in [3.63, 3.8) is 0 Å². The van der Waals surface area contributed by atoms with Crippen LogP contribution < -0.4 is 0 Å². The fourth-order valence-corrected chi connectivity index (χ4v) is 4.07. The molecule has 0 aromatic carbocycles. The van der Waals surface area contributed by atoms with E-state index in [0.717, 1.165) is 29.6 Å². The molecule has 1 fully saturated rings. The van der Waals surface area contributed by atoms with Crippen molar-refractivity contribution in [3.05, 3.63) is 44.8 Å². The summed E-state index contributed by atoms with van der Waals surface area (Å²) in [7, 11) is 1.91. The molecular formula is C14H15BrN2OS. The maximum atomic E-state index is 12.7. The van der Waals surface area contributed by atoms with Crippen LogP contribution in [0.2, 0.25) is 0 Å². The van der Waals surface area contributed by atoms with Crippen molar-refractivity contribution in [2.24, 2.45) is 7.05 Å². The van der Waals surface area contributed by atoms with Crippen LogP contribution in [-0.2, 0) is 7.05 Å². The summed E-state index contributed by atoms with van der Waals surface area (Å²) in [6.07, 6.45) is 4.07. The van der Waals surface area contributed by atoms with Gasteiger partial charge in [0.2, 0.25) is 0 Å². The number of likely N-dealkylation sites (tertiary alicyclic amines) is 1. The number of aromatic nitrogens is 1. The van der Waals surface area contributed by atoms with Crippen LogP contribution in [-0.4, -0.2) is 21.9 Å². The van der Waals surface area contributed by atoms with E-state index >= 15 is 0 Å². The zero-order chi connectivity index (χ0) is 13.4. The van der Waals surface area contributed by atoms with E-state index in [1.807, 2.05) is 28.8 Å². The molecule has 0 spiro atoms. The molecule has 0 saturated carbocycles. The lowest BCUT2D eigenvalue weighted by atomic mass is 10.2. The Morgan fingerprint density at radius 2 is 2.37 bits per heavy atom. The number of hydrogen-bond donors (Lipinski definition) is 0. The molecule has 3 nitrogen and oxygen atoms in total. The lowest BCUT2D eigenvalue weighted by Crippen LogP contribution is -2.31. The second kappa shape index (κ2) is 5.13. The minimum absolute atomic E-state index is 0.129. The fourth-order valence-electron chi connectivity index (χ4n) is 2.67. The fraction of sp³-hybridized carbons (Fsp3) is 0.357. The Kier molecular flexibility index (Phi) is 3.50. The predicted molar refractivity (Wildman–Crippen MR) is 80.4 cm³/mol. The minimum atomic E-state index is 0.129. The van der Waals surface area contributed by atoms with Crippen molar-refractivity contribution in [1.82, 2.24) is 9.47 Å². The van der Waals surface area contributed by atoms with Crippen molar-refractivity contribution in [1.29, 1.82) is 0 Å². The van der Waals surface area contributed by atoms with Crippen molar-refractivity contribution in [2.45, 2.75) is 18.9 Å². The molecule has 0 N–H and O–H groups in total. The van der Waals surface area contributed by atoms with Gasteiger partial charge in [-0.2, -0.15) is 0 Å². The number of amides is 1. The largest absolute Gasteiger partial charge is 0.345 e. The third-order valence-corrected chi connectivity index (χ3v) is 4.98. The number of thiophene rings is 1. The van der Waals surface area contributed by atoms with Crippen molar-refractivity contribution in [3.8, 4) is 0 Å². The van der Waals surface area contributed by atoms with E-state index in [4.69, 9.17) is 0 Å². The van der Waals surface area contributed by atoms with Crippen LogP contribution in [0.25, 0.3) is 0 Å². The topological polar surface area (TPSA) is 25.2 Å². The van der Waals surface area contributed by atoms with E-state index in [9.17, 15) is 4.79 Å². The normalized spacial score (nSPS) is 19.1. The lowest BCUT2D eigenvalue weighted by Gasteiger charge is -2.24. The van der Waals surface area contributed by atoms with Gasteiger partial charge < -0.3 is 9.47 Å². The van der Waals surface area contributed by atoms with E-state index in [1.165, 1.54) is 4.88 Å². The Bertz CT molecular complexity index is 591. The summed E-state index contributed by atoms with van der Waals surface area (Å²) in [5.41, 5.74) is 0.746. The van der Waals surface area contributed by atoms with E-state index in [-0.39, 0.29) is 11.9 Å². The first kappa shape index (κ1) is 12.9. The maximum Gasteiger partial charge on any atom is 0.271 e. The summed E-state index contributed by atoms with van der Waals surface area (Å²) in [5, 5.41) is 2.08. The van der Waals surface area contributed by atoms with Gasteiger partial charge in [0.15, 0.2) is 0 Å². The van der Waals surface area contributed by atoms with Crippen LogP contribution >= 0.6 is 27.3 Å². The molecule has 2 aromatic heterocycles. The number of carbonyl (C=O) groups is 1. The molecule has 2 aromatic rings. The molecular weight excluding hydrogens is 324 g/mol. The Hall–Kier alpha value is -1.07. The second-order valence-corrected chi connectivity index (χ2v) is 6.72. The number of rotatable bonds is 2. The van der Waals surface area contributed by atoms with Crippen LogP contribution in [0.1, 0.15) is 34.2 Å². The Morgan fingerprint density at radius 1 is 1.53 bits per heavy atom. The first-order chi connectivity index (χ1) is 9.16. The van der Waals surface area contributed by atoms with Crippen LogP contribution in [0.4, 0.5) is 0 Å². The standard InChI is InChI=1S/C14H15BrN2OS/c1-16-9-10(15)8-12(16)14(18)17-6-2-4-11(17)13-5-3-7-19-13/h3,5,7-9,11H,2,4,6H2,1H3. The van der Waals surface area contributed by atoms with E-state index < -0.39 is 0 Å². The first-order valence-corrected chi connectivity index (χ1v) is 8.00. The molecule has 100 valence electrons. The summed E-state index contributed by atoms with van der Waals surface area (Å²) in [4.78, 5) is 16.0. The van der Waals surface area contributed by atoms with Gasteiger partial charge in [0, 0.05) is 29.1 Å². The molecule has 19 heavy (non-hydrogen) atoms. The van der Waals surface area contributed by atoms with Gasteiger partial charge in [0.1, 0.15) is 5.69 Å². The smallest absolute Gasteiger partial charge is 0.271 e. The van der Waals surface area contributed by atoms with Gasteiger partial charge in [-0.3, -0.25) is 4.79 Å². The number of hydrogen-bond acceptors (Lipinski definition) is 2. The highest BCUT2D eigenvalue weighted by molar-refractivity contribution is 9.10. The summed E-state index contributed by atoms with van der Waals surface area (Å²) >= 11 is 5.16. The third-order valence-electron chi connectivity index (χ3n) is 3.58. The minimum Gasteiger partial charge on any atom is -0.345 e. The van der Waals surface area contributed by atoms with Gasteiger partial charge in [-0.1, -0.05) is 6.07 Å². The number of halogens is 1. The van der Waals surface area contributed by atoms with Gasteiger partial charge in [0.05, 0.1) is 6.04 Å². The van der Waals surface area contributed by atoms with Gasteiger partial charge in [0.25, 0.3) is 5.91 Å². The SMILES string of the molecule is Cn1cc(Br)cc1C(=O)N1CCCC1c1cccs1. The molecule has 1 aliphatic rings. The molecule has 3 heterocycles. The van der Waals surface area contributed by atoms with Crippen molar-refractivity contribution in [2.75, 3.05) is 6.54 Å². The van der Waals surface area contributed by atoms with Crippen molar-refractivity contribution < 1.29 is 4.79 Å². The van der Waals surface area contributed by atoms with E-state index in [1.54, 1.807) is 11.3 Å². The predicted octanol–water partition coefficient (Wildman–Crippen LogP) is 3.83. The third kappa shape index (κ3) is 2.37. The van der Waals surface area contributed by atoms with E-state index in [0.29, 0.717) is 0 Å². The highest BCUT2D eigenvalue weighted by Crippen LogP contribution is 2.35. The summed E-state index contributed by atoms with van der Waals surface area (Å²) in [6, 6.07) is 6.33. The summed E-state index contributed by atoms with van der Waals surface area (Å²) in [5.74, 6) is 0.129. The molecule has 1 amide bonds. The van der Waals surface area contributed by atoms with Crippen LogP contribution in [0.5, 0.6) is 0 Å². The quantitative estimate of drug-likeness (QED) is 0.816. The molecule has 3 rings (SSSR count). The Morgan fingerprint density at radius 3 is 3.00 bits per heavy atom. The van der Waals surface area contributed by atoms with Crippen LogP contribution in [0.3, 0.4) is 0 Å². The molecule has 0 radical (unpaired) electrons. The van der Waals surface area contributed by atoms with Gasteiger partial charge in [-0.15, -0.1) is 11.3 Å². The number of aryl methyl sites for hydroxylation is 1.